The molecule has 0 saturated carbocycles. The van der Waals surface area contributed by atoms with Gasteiger partial charge in [-0.25, -0.2) is 4.79 Å². The molecule has 2 aromatic rings. The summed E-state index contributed by atoms with van der Waals surface area (Å²) in [6.45, 7) is 0. The second-order valence-corrected chi connectivity index (χ2v) is 4.61. The second kappa shape index (κ2) is 6.06. The van der Waals surface area contributed by atoms with Crippen molar-refractivity contribution >= 4 is 5.97 Å². The van der Waals surface area contributed by atoms with Crippen molar-refractivity contribution in [3.63, 3.8) is 0 Å². The third-order valence-corrected chi connectivity index (χ3v) is 2.95. The molecule has 0 saturated heterocycles. The summed E-state index contributed by atoms with van der Waals surface area (Å²) >= 11 is 0. The van der Waals surface area contributed by atoms with Crippen molar-refractivity contribution in [1.82, 2.24) is 0 Å². The Morgan fingerprint density at radius 2 is 1.46 bits per heavy atom. The van der Waals surface area contributed by atoms with E-state index in [9.17, 15) is 31.1 Å². The van der Waals surface area contributed by atoms with Crippen LogP contribution in [0.2, 0.25) is 0 Å². The number of carboxylic acids is 1. The van der Waals surface area contributed by atoms with Crippen LogP contribution in [0.5, 0.6) is 11.5 Å². The molecule has 0 aliphatic heterocycles. The Balaban J connectivity index is 2.47. The van der Waals surface area contributed by atoms with Crippen molar-refractivity contribution in [1.29, 1.82) is 0 Å². The third-order valence-electron chi connectivity index (χ3n) is 2.95. The van der Waals surface area contributed by atoms with E-state index in [-0.39, 0.29) is 5.75 Å². The zero-order chi connectivity index (χ0) is 18.1. The molecular weight excluding hydrogens is 342 g/mol. The SMILES string of the molecule is O=C(O)c1cccc(C(F)(F)F)c1Oc1ccc(C(F)(F)F)cc1. The van der Waals surface area contributed by atoms with E-state index in [1.54, 1.807) is 0 Å². The molecule has 0 aliphatic rings. The van der Waals surface area contributed by atoms with Gasteiger partial charge in [0.2, 0.25) is 0 Å². The molecule has 0 unspecified atom stereocenters. The summed E-state index contributed by atoms with van der Waals surface area (Å²) in [5.74, 6) is -3.01. The second-order valence-electron chi connectivity index (χ2n) is 4.61. The fourth-order valence-electron chi connectivity index (χ4n) is 1.87. The number of alkyl halides is 6. The van der Waals surface area contributed by atoms with Crippen molar-refractivity contribution in [2.45, 2.75) is 12.4 Å². The minimum atomic E-state index is -4.90. The van der Waals surface area contributed by atoms with Crippen LogP contribution < -0.4 is 4.74 Å². The van der Waals surface area contributed by atoms with E-state index in [0.29, 0.717) is 18.2 Å². The van der Waals surface area contributed by atoms with Crippen LogP contribution in [0.1, 0.15) is 21.5 Å². The molecule has 24 heavy (non-hydrogen) atoms. The minimum absolute atomic E-state index is 0.359. The Labute approximate surface area is 131 Å². The molecule has 3 nitrogen and oxygen atoms in total. The van der Waals surface area contributed by atoms with Crippen molar-refractivity contribution in [2.75, 3.05) is 0 Å². The van der Waals surface area contributed by atoms with Crippen LogP contribution in [-0.2, 0) is 12.4 Å². The monoisotopic (exact) mass is 350 g/mol. The lowest BCUT2D eigenvalue weighted by Gasteiger charge is -2.16. The average molecular weight is 350 g/mol. The van der Waals surface area contributed by atoms with Crippen LogP contribution >= 0.6 is 0 Å². The number of carbonyl (C=O) groups is 1. The molecule has 0 amide bonds. The molecule has 0 aliphatic carbocycles. The molecular formula is C15H8F6O3. The normalized spacial score (nSPS) is 12.1. The number of benzene rings is 2. The maximum absolute atomic E-state index is 13.0. The molecule has 0 atom stereocenters. The van der Waals surface area contributed by atoms with Crippen molar-refractivity contribution in [2.24, 2.45) is 0 Å². The maximum atomic E-state index is 13.0. The topological polar surface area (TPSA) is 46.5 Å². The highest BCUT2D eigenvalue weighted by Gasteiger charge is 2.37. The highest BCUT2D eigenvalue weighted by atomic mass is 19.4. The first-order valence-corrected chi connectivity index (χ1v) is 6.29. The van der Waals surface area contributed by atoms with Crippen molar-refractivity contribution < 1.29 is 41.0 Å². The van der Waals surface area contributed by atoms with Crippen LogP contribution in [0.4, 0.5) is 26.3 Å². The van der Waals surface area contributed by atoms with E-state index in [1.807, 2.05) is 0 Å². The predicted molar refractivity (Wildman–Crippen MR) is 69.9 cm³/mol. The molecule has 0 heterocycles. The van der Waals surface area contributed by atoms with E-state index in [1.165, 1.54) is 0 Å². The van der Waals surface area contributed by atoms with Gasteiger partial charge in [0.15, 0.2) is 5.75 Å². The van der Waals surface area contributed by atoms with Crippen LogP contribution in [-0.4, -0.2) is 11.1 Å². The Hall–Kier alpha value is -2.71. The molecule has 0 radical (unpaired) electrons. The third kappa shape index (κ3) is 3.79. The number of hydrogen-bond acceptors (Lipinski definition) is 2. The maximum Gasteiger partial charge on any atom is 0.420 e. The van der Waals surface area contributed by atoms with Gasteiger partial charge in [-0.05, 0) is 36.4 Å². The van der Waals surface area contributed by atoms with E-state index < -0.39 is 40.8 Å². The number of carboxylic acid groups (broad SMARTS) is 1. The van der Waals surface area contributed by atoms with E-state index >= 15 is 0 Å². The lowest BCUT2D eigenvalue weighted by Crippen LogP contribution is -2.11. The first kappa shape index (κ1) is 17.6. The van der Waals surface area contributed by atoms with Gasteiger partial charge >= 0.3 is 18.3 Å². The van der Waals surface area contributed by atoms with Gasteiger partial charge in [0.1, 0.15) is 11.3 Å². The van der Waals surface area contributed by atoms with Crippen LogP contribution in [0.25, 0.3) is 0 Å². The highest BCUT2D eigenvalue weighted by molar-refractivity contribution is 5.91. The summed E-state index contributed by atoms with van der Waals surface area (Å²) in [6, 6.07) is 5.26. The molecule has 0 spiro atoms. The van der Waals surface area contributed by atoms with Crippen LogP contribution in [0, 0.1) is 0 Å². The lowest BCUT2D eigenvalue weighted by atomic mass is 10.1. The lowest BCUT2D eigenvalue weighted by molar-refractivity contribution is -0.138. The summed E-state index contributed by atoms with van der Waals surface area (Å²) in [4.78, 5) is 11.1. The van der Waals surface area contributed by atoms with Gasteiger partial charge in [-0.15, -0.1) is 0 Å². The minimum Gasteiger partial charge on any atom is -0.478 e. The number of para-hydroxylation sites is 1. The highest BCUT2D eigenvalue weighted by Crippen LogP contribution is 2.40. The predicted octanol–water partition coefficient (Wildman–Crippen LogP) is 5.21. The molecule has 2 aromatic carbocycles. The van der Waals surface area contributed by atoms with Crippen LogP contribution in [0.3, 0.4) is 0 Å². The Bertz CT molecular complexity index is 747. The van der Waals surface area contributed by atoms with Gasteiger partial charge in [-0.3, -0.25) is 0 Å². The molecule has 2 rings (SSSR count). The van der Waals surface area contributed by atoms with E-state index in [4.69, 9.17) is 9.84 Å². The summed E-state index contributed by atoms with van der Waals surface area (Å²) in [5.41, 5.74) is -3.12. The molecule has 9 heteroatoms. The fourth-order valence-corrected chi connectivity index (χ4v) is 1.87. The summed E-state index contributed by atoms with van der Waals surface area (Å²) in [6.07, 6.45) is -9.51. The zero-order valence-corrected chi connectivity index (χ0v) is 11.6. The van der Waals surface area contributed by atoms with Gasteiger partial charge in [0.25, 0.3) is 0 Å². The van der Waals surface area contributed by atoms with Crippen molar-refractivity contribution in [3.05, 3.63) is 59.2 Å². The molecule has 128 valence electrons. The largest absolute Gasteiger partial charge is 0.478 e. The molecule has 1 N–H and O–H groups in total. The van der Waals surface area contributed by atoms with Gasteiger partial charge < -0.3 is 9.84 Å². The average Bonchev–Trinajstić information content (AvgIpc) is 2.45. The fraction of sp³-hybridized carbons (Fsp3) is 0.133. The number of hydrogen-bond donors (Lipinski definition) is 1. The van der Waals surface area contributed by atoms with Gasteiger partial charge in [-0.2, -0.15) is 26.3 Å². The van der Waals surface area contributed by atoms with Crippen molar-refractivity contribution in [3.8, 4) is 11.5 Å². The molecule has 0 bridgehead atoms. The Morgan fingerprint density at radius 1 is 0.875 bits per heavy atom. The summed E-state index contributed by atoms with van der Waals surface area (Å²) < 4.78 is 81.3. The number of rotatable bonds is 3. The van der Waals surface area contributed by atoms with Gasteiger partial charge in [0, 0.05) is 0 Å². The van der Waals surface area contributed by atoms with Crippen LogP contribution in [0.15, 0.2) is 42.5 Å². The van der Waals surface area contributed by atoms with Gasteiger partial charge in [0.05, 0.1) is 11.1 Å². The number of halogens is 6. The standard InChI is InChI=1S/C15H8F6O3/c16-14(17,18)8-4-6-9(7-5-8)24-12-10(13(22)23)2-1-3-11(12)15(19,20)21/h1-7H,(H,22,23). The molecule has 0 aromatic heterocycles. The van der Waals surface area contributed by atoms with E-state index in [2.05, 4.69) is 0 Å². The Kier molecular flexibility index (Phi) is 4.46. The first-order valence-electron chi connectivity index (χ1n) is 6.29. The number of ether oxygens (including phenoxy) is 1. The quantitative estimate of drug-likeness (QED) is 0.773. The van der Waals surface area contributed by atoms with Gasteiger partial charge in [-0.1, -0.05) is 6.07 Å². The number of aromatic carboxylic acids is 1. The first-order chi connectivity index (χ1) is 11.0. The molecule has 0 fully saturated rings. The summed E-state index contributed by atoms with van der Waals surface area (Å²) in [5, 5.41) is 8.99. The smallest absolute Gasteiger partial charge is 0.420 e. The Morgan fingerprint density at radius 3 is 1.92 bits per heavy atom. The van der Waals surface area contributed by atoms with E-state index in [0.717, 1.165) is 24.3 Å². The zero-order valence-electron chi connectivity index (χ0n) is 11.6. The summed E-state index contributed by atoms with van der Waals surface area (Å²) in [7, 11) is 0.